The summed E-state index contributed by atoms with van der Waals surface area (Å²) in [5, 5.41) is 9.18. The van der Waals surface area contributed by atoms with Crippen LogP contribution >= 0.6 is 0 Å². The van der Waals surface area contributed by atoms with Crippen LogP contribution in [0.2, 0.25) is 0 Å². The molecule has 6 heteroatoms. The highest BCUT2D eigenvalue weighted by Crippen LogP contribution is 2.29. The van der Waals surface area contributed by atoms with Gasteiger partial charge in [0, 0.05) is 13.3 Å². The Balaban J connectivity index is 3.40. The van der Waals surface area contributed by atoms with Crippen molar-refractivity contribution in [2.24, 2.45) is 0 Å². The van der Waals surface area contributed by atoms with Gasteiger partial charge in [-0.1, -0.05) is 12.1 Å². The molecule has 0 fully saturated rings. The minimum Gasteiger partial charge on any atom is -0.480 e. The summed E-state index contributed by atoms with van der Waals surface area (Å²) in [6, 6.07) is 6.36. The maximum Gasteiger partial charge on any atom is 0.328 e. The topological polar surface area (TPSA) is 74.7 Å². The van der Waals surface area contributed by atoms with Gasteiger partial charge in [0.25, 0.3) is 0 Å². The summed E-state index contributed by atoms with van der Waals surface area (Å²) in [6.07, 6.45) is 1.10. The molecule has 0 unspecified atom stereocenters. The zero-order chi connectivity index (χ0) is 14.1. The van der Waals surface area contributed by atoms with Crippen LogP contribution in [0, 0.1) is 0 Å². The lowest BCUT2D eigenvalue weighted by Crippen LogP contribution is -2.48. The molecule has 0 heterocycles. The van der Waals surface area contributed by atoms with Gasteiger partial charge in [-0.25, -0.2) is 13.2 Å². The predicted molar refractivity (Wildman–Crippen MR) is 69.7 cm³/mol. The van der Waals surface area contributed by atoms with E-state index in [-0.39, 0.29) is 4.90 Å². The second-order valence-electron chi connectivity index (χ2n) is 4.66. The van der Waals surface area contributed by atoms with Crippen molar-refractivity contribution < 1.29 is 18.3 Å². The smallest absolute Gasteiger partial charge is 0.328 e. The van der Waals surface area contributed by atoms with Crippen LogP contribution < -0.4 is 4.90 Å². The van der Waals surface area contributed by atoms with Crippen molar-refractivity contribution in [1.29, 1.82) is 0 Å². The van der Waals surface area contributed by atoms with Crippen LogP contribution in [0.15, 0.2) is 29.2 Å². The number of hydrogen-bond acceptors (Lipinski definition) is 4. The van der Waals surface area contributed by atoms with Crippen molar-refractivity contribution in [3.63, 3.8) is 0 Å². The van der Waals surface area contributed by atoms with Crippen LogP contribution in [0.4, 0.5) is 5.69 Å². The highest BCUT2D eigenvalue weighted by Gasteiger charge is 2.34. The van der Waals surface area contributed by atoms with Gasteiger partial charge in [0.15, 0.2) is 9.84 Å². The first-order chi connectivity index (χ1) is 8.08. The number of likely N-dealkylation sites (N-methyl/N-ethyl adjacent to an activating group) is 1. The number of anilines is 1. The fraction of sp³-hybridized carbons (Fsp3) is 0.417. The molecule has 1 rings (SSSR count). The third-order valence-corrected chi connectivity index (χ3v) is 4.13. The van der Waals surface area contributed by atoms with Crippen molar-refractivity contribution in [2.75, 3.05) is 18.2 Å². The van der Waals surface area contributed by atoms with Gasteiger partial charge in [0.1, 0.15) is 5.54 Å². The summed E-state index contributed by atoms with van der Waals surface area (Å²) in [4.78, 5) is 12.8. The van der Waals surface area contributed by atoms with Crippen molar-refractivity contribution in [3.8, 4) is 0 Å². The van der Waals surface area contributed by atoms with Gasteiger partial charge in [-0.3, -0.25) is 0 Å². The summed E-state index contributed by atoms with van der Waals surface area (Å²) in [5.41, 5.74) is -0.812. The molecule has 0 bridgehead atoms. The molecule has 0 aliphatic carbocycles. The molecular formula is C12H17NO4S. The van der Waals surface area contributed by atoms with Gasteiger partial charge in [-0.15, -0.1) is 0 Å². The molecule has 0 atom stereocenters. The number of hydrogen-bond donors (Lipinski definition) is 1. The largest absolute Gasteiger partial charge is 0.480 e. The number of carboxylic acids is 1. The summed E-state index contributed by atoms with van der Waals surface area (Å²) < 4.78 is 23.4. The molecule has 1 N–H and O–H groups in total. The van der Waals surface area contributed by atoms with Crippen LogP contribution in [-0.2, 0) is 14.6 Å². The SMILES string of the molecule is CN(c1ccccc1S(C)(=O)=O)C(C)(C)C(=O)O. The maximum absolute atomic E-state index is 11.7. The minimum atomic E-state index is -3.40. The van der Waals surface area contributed by atoms with E-state index in [0.717, 1.165) is 6.26 Å². The molecular weight excluding hydrogens is 254 g/mol. The van der Waals surface area contributed by atoms with Crippen LogP contribution in [-0.4, -0.2) is 38.3 Å². The molecule has 0 aromatic heterocycles. The van der Waals surface area contributed by atoms with Crippen LogP contribution in [0.3, 0.4) is 0 Å². The molecule has 1 aromatic carbocycles. The van der Waals surface area contributed by atoms with Crippen molar-refractivity contribution >= 4 is 21.5 Å². The van der Waals surface area contributed by atoms with E-state index >= 15 is 0 Å². The predicted octanol–water partition coefficient (Wildman–Crippen LogP) is 1.39. The number of para-hydroxylation sites is 1. The fourth-order valence-corrected chi connectivity index (χ4v) is 2.40. The zero-order valence-corrected chi connectivity index (χ0v) is 11.7. The van der Waals surface area contributed by atoms with E-state index in [1.807, 2.05) is 0 Å². The Morgan fingerprint density at radius 1 is 1.28 bits per heavy atom. The first-order valence-electron chi connectivity index (χ1n) is 5.35. The Hall–Kier alpha value is -1.56. The number of carboxylic acid groups (broad SMARTS) is 1. The lowest BCUT2D eigenvalue weighted by molar-refractivity contribution is -0.142. The van der Waals surface area contributed by atoms with Gasteiger partial charge in [-0.05, 0) is 26.0 Å². The summed E-state index contributed by atoms with van der Waals surface area (Å²) >= 11 is 0. The third-order valence-electron chi connectivity index (χ3n) is 2.99. The summed E-state index contributed by atoms with van der Waals surface area (Å²) in [7, 11) is -1.83. The molecule has 0 saturated carbocycles. The van der Waals surface area contributed by atoms with Gasteiger partial charge in [0.05, 0.1) is 10.6 Å². The normalized spacial score (nSPS) is 12.2. The first-order valence-corrected chi connectivity index (χ1v) is 7.24. The minimum absolute atomic E-state index is 0.127. The lowest BCUT2D eigenvalue weighted by atomic mass is 10.0. The molecule has 18 heavy (non-hydrogen) atoms. The van der Waals surface area contributed by atoms with E-state index < -0.39 is 21.3 Å². The average Bonchev–Trinajstić information content (AvgIpc) is 2.26. The maximum atomic E-state index is 11.7. The molecule has 1 aromatic rings. The third kappa shape index (κ3) is 2.64. The zero-order valence-electron chi connectivity index (χ0n) is 10.8. The lowest BCUT2D eigenvalue weighted by Gasteiger charge is -2.34. The van der Waals surface area contributed by atoms with Crippen LogP contribution in [0.1, 0.15) is 13.8 Å². The van der Waals surface area contributed by atoms with E-state index in [2.05, 4.69) is 0 Å². The highest BCUT2D eigenvalue weighted by molar-refractivity contribution is 7.90. The Morgan fingerprint density at radius 3 is 2.22 bits per heavy atom. The summed E-state index contributed by atoms with van der Waals surface area (Å²) in [5.74, 6) is -1.02. The van der Waals surface area contributed by atoms with E-state index in [1.165, 1.54) is 24.8 Å². The average molecular weight is 271 g/mol. The quantitative estimate of drug-likeness (QED) is 0.895. The molecule has 0 spiro atoms. The van der Waals surface area contributed by atoms with Crippen LogP contribution in [0.5, 0.6) is 0 Å². The van der Waals surface area contributed by atoms with E-state index in [4.69, 9.17) is 0 Å². The number of sulfone groups is 1. The Labute approximate surface area is 107 Å². The number of nitrogens with zero attached hydrogens (tertiary/aromatic N) is 1. The number of aliphatic carboxylic acids is 1. The number of rotatable bonds is 4. The van der Waals surface area contributed by atoms with Crippen molar-refractivity contribution in [2.45, 2.75) is 24.3 Å². The number of benzene rings is 1. The van der Waals surface area contributed by atoms with Crippen molar-refractivity contribution in [3.05, 3.63) is 24.3 Å². The molecule has 0 aliphatic heterocycles. The Bertz CT molecular complexity index is 563. The van der Waals surface area contributed by atoms with Gasteiger partial charge in [-0.2, -0.15) is 0 Å². The molecule has 0 amide bonds. The fourth-order valence-electron chi connectivity index (χ4n) is 1.49. The van der Waals surface area contributed by atoms with Gasteiger partial charge < -0.3 is 10.0 Å². The van der Waals surface area contributed by atoms with Gasteiger partial charge >= 0.3 is 5.97 Å². The molecule has 5 nitrogen and oxygen atoms in total. The van der Waals surface area contributed by atoms with E-state index in [1.54, 1.807) is 25.2 Å². The monoisotopic (exact) mass is 271 g/mol. The number of carbonyl (C=O) groups is 1. The van der Waals surface area contributed by atoms with E-state index in [9.17, 15) is 18.3 Å². The Morgan fingerprint density at radius 2 is 1.78 bits per heavy atom. The second-order valence-corrected chi connectivity index (χ2v) is 6.65. The van der Waals surface area contributed by atoms with E-state index in [0.29, 0.717) is 5.69 Å². The van der Waals surface area contributed by atoms with Crippen LogP contribution in [0.25, 0.3) is 0 Å². The highest BCUT2D eigenvalue weighted by atomic mass is 32.2. The molecule has 0 aliphatic rings. The Kier molecular flexibility index (Phi) is 3.71. The molecule has 0 radical (unpaired) electrons. The first kappa shape index (κ1) is 14.5. The van der Waals surface area contributed by atoms with Gasteiger partial charge in [0.2, 0.25) is 0 Å². The second kappa shape index (κ2) is 4.61. The molecule has 0 saturated heterocycles. The standard InChI is InChI=1S/C12H17NO4S/c1-12(2,11(14)15)13(3)9-7-5-6-8-10(9)18(4,16)17/h5-8H,1-4H3,(H,14,15). The van der Waals surface area contributed by atoms with Crippen molar-refractivity contribution in [1.82, 2.24) is 0 Å². The molecule has 100 valence electrons. The summed E-state index contributed by atoms with van der Waals surface area (Å²) in [6.45, 7) is 3.04.